The van der Waals surface area contributed by atoms with Crippen molar-refractivity contribution < 1.29 is 9.18 Å². The maximum absolute atomic E-state index is 13.0. The quantitative estimate of drug-likeness (QED) is 0.847. The molecule has 5 nitrogen and oxygen atoms in total. The molecule has 0 spiro atoms. The highest BCUT2D eigenvalue weighted by molar-refractivity contribution is 5.78. The summed E-state index contributed by atoms with van der Waals surface area (Å²) in [4.78, 5) is 26.5. The molecule has 2 heterocycles. The van der Waals surface area contributed by atoms with Crippen molar-refractivity contribution in [3.05, 3.63) is 63.8 Å². The van der Waals surface area contributed by atoms with Crippen LogP contribution >= 0.6 is 0 Å². The van der Waals surface area contributed by atoms with Gasteiger partial charge in [-0.3, -0.25) is 9.59 Å². The lowest BCUT2D eigenvalue weighted by atomic mass is 10.0. The molecule has 136 valence electrons. The Morgan fingerprint density at radius 1 is 1.04 bits per heavy atom. The zero-order valence-corrected chi connectivity index (χ0v) is 14.6. The number of likely N-dealkylation sites (tertiary alicyclic amines) is 1. The van der Waals surface area contributed by atoms with Gasteiger partial charge < -0.3 is 4.90 Å². The molecule has 2 aromatic rings. The first kappa shape index (κ1) is 16.9. The third kappa shape index (κ3) is 3.69. The zero-order chi connectivity index (χ0) is 18.1. The molecular weight excluding hydrogens is 333 g/mol. The molecule has 0 N–H and O–H groups in total. The van der Waals surface area contributed by atoms with E-state index in [9.17, 15) is 14.0 Å². The van der Waals surface area contributed by atoms with Gasteiger partial charge in [-0.15, -0.1) is 0 Å². The summed E-state index contributed by atoms with van der Waals surface area (Å²) in [5.41, 5.74) is 1.76. The van der Waals surface area contributed by atoms with Gasteiger partial charge in [-0.2, -0.15) is 5.10 Å². The molecule has 2 aliphatic rings. The summed E-state index contributed by atoms with van der Waals surface area (Å²) in [7, 11) is 0. The van der Waals surface area contributed by atoms with Gasteiger partial charge in [0.25, 0.3) is 5.56 Å². The van der Waals surface area contributed by atoms with Crippen LogP contribution in [0.1, 0.15) is 48.9 Å². The number of piperidine rings is 1. The molecule has 0 radical (unpaired) electrons. The third-order valence-electron chi connectivity index (χ3n) is 5.27. The van der Waals surface area contributed by atoms with Crippen LogP contribution in [0.25, 0.3) is 0 Å². The first-order chi connectivity index (χ1) is 12.6. The van der Waals surface area contributed by atoms with E-state index < -0.39 is 0 Å². The number of benzene rings is 1. The van der Waals surface area contributed by atoms with Crippen molar-refractivity contribution in [2.45, 2.75) is 44.1 Å². The summed E-state index contributed by atoms with van der Waals surface area (Å²) in [6.07, 6.45) is 4.05. The van der Waals surface area contributed by atoms with Gasteiger partial charge in [0.15, 0.2) is 0 Å². The number of nitrogens with zero attached hydrogens (tertiary/aromatic N) is 3. The number of rotatable bonds is 4. The molecule has 0 atom stereocenters. The highest BCUT2D eigenvalue weighted by Gasteiger charge is 2.28. The summed E-state index contributed by atoms with van der Waals surface area (Å²) in [6.45, 7) is 1.24. The van der Waals surface area contributed by atoms with Crippen molar-refractivity contribution in [3.63, 3.8) is 0 Å². The SMILES string of the molecule is O=C(Cc1ccc(F)cc1)N1CCC(n2nc(C3CC3)ccc2=O)CC1. The van der Waals surface area contributed by atoms with E-state index in [4.69, 9.17) is 0 Å². The fourth-order valence-corrected chi connectivity index (χ4v) is 3.55. The lowest BCUT2D eigenvalue weighted by Gasteiger charge is -2.32. The molecule has 1 aliphatic heterocycles. The van der Waals surface area contributed by atoms with E-state index in [1.165, 1.54) is 12.1 Å². The number of aromatic nitrogens is 2. The average Bonchev–Trinajstić information content (AvgIpc) is 3.49. The van der Waals surface area contributed by atoms with E-state index in [2.05, 4.69) is 5.10 Å². The highest BCUT2D eigenvalue weighted by Crippen LogP contribution is 2.38. The van der Waals surface area contributed by atoms with Crippen LogP contribution < -0.4 is 5.56 Å². The Morgan fingerprint density at radius 2 is 1.73 bits per heavy atom. The lowest BCUT2D eigenvalue weighted by Crippen LogP contribution is -2.42. The van der Waals surface area contributed by atoms with Gasteiger partial charge in [-0.05, 0) is 49.4 Å². The van der Waals surface area contributed by atoms with Crippen LogP contribution in [0.2, 0.25) is 0 Å². The second-order valence-corrected chi connectivity index (χ2v) is 7.23. The summed E-state index contributed by atoms with van der Waals surface area (Å²) in [5, 5.41) is 4.57. The summed E-state index contributed by atoms with van der Waals surface area (Å²) >= 11 is 0. The molecule has 0 bridgehead atoms. The summed E-state index contributed by atoms with van der Waals surface area (Å²) < 4.78 is 14.6. The average molecular weight is 355 g/mol. The van der Waals surface area contributed by atoms with Gasteiger partial charge in [0.2, 0.25) is 5.91 Å². The third-order valence-corrected chi connectivity index (χ3v) is 5.27. The Labute approximate surface area is 151 Å². The Morgan fingerprint density at radius 3 is 2.38 bits per heavy atom. The van der Waals surface area contributed by atoms with Gasteiger partial charge in [0, 0.05) is 25.1 Å². The van der Waals surface area contributed by atoms with Crippen LogP contribution in [-0.2, 0) is 11.2 Å². The molecule has 26 heavy (non-hydrogen) atoms. The molecular formula is C20H22FN3O2. The predicted octanol–water partition coefficient (Wildman–Crippen LogP) is 2.67. The monoisotopic (exact) mass is 355 g/mol. The van der Waals surface area contributed by atoms with Crippen molar-refractivity contribution in [2.75, 3.05) is 13.1 Å². The number of amides is 1. The molecule has 1 aliphatic carbocycles. The zero-order valence-electron chi connectivity index (χ0n) is 14.6. The topological polar surface area (TPSA) is 55.2 Å². The number of hydrogen-bond acceptors (Lipinski definition) is 3. The normalized spacial score (nSPS) is 18.1. The number of carbonyl (C=O) groups excluding carboxylic acids is 1. The first-order valence-electron chi connectivity index (χ1n) is 9.22. The van der Waals surface area contributed by atoms with Gasteiger partial charge in [0.05, 0.1) is 18.2 Å². The standard InChI is InChI=1S/C20H22FN3O2/c21-16-5-1-14(2-6-16)13-20(26)23-11-9-17(10-12-23)24-19(25)8-7-18(22-24)15-3-4-15/h1-2,5-8,15,17H,3-4,9-13H2. The molecule has 4 rings (SSSR count). The van der Waals surface area contributed by atoms with Gasteiger partial charge in [-0.25, -0.2) is 9.07 Å². The fraction of sp³-hybridized carbons (Fsp3) is 0.450. The van der Waals surface area contributed by atoms with E-state index in [1.807, 2.05) is 11.0 Å². The van der Waals surface area contributed by atoms with Crippen molar-refractivity contribution in [3.8, 4) is 0 Å². The van der Waals surface area contributed by atoms with Gasteiger partial charge in [-0.1, -0.05) is 12.1 Å². The molecule has 0 unspecified atom stereocenters. The maximum Gasteiger partial charge on any atom is 0.267 e. The van der Waals surface area contributed by atoms with Crippen molar-refractivity contribution in [1.29, 1.82) is 0 Å². The molecule has 2 fully saturated rings. The summed E-state index contributed by atoms with van der Waals surface area (Å²) in [6, 6.07) is 9.56. The van der Waals surface area contributed by atoms with Crippen LogP contribution in [0.5, 0.6) is 0 Å². The van der Waals surface area contributed by atoms with E-state index in [1.54, 1.807) is 22.9 Å². The van der Waals surface area contributed by atoms with E-state index >= 15 is 0 Å². The minimum Gasteiger partial charge on any atom is -0.342 e. The maximum atomic E-state index is 13.0. The van der Waals surface area contributed by atoms with Crippen molar-refractivity contribution in [1.82, 2.24) is 14.7 Å². The summed E-state index contributed by atoms with van der Waals surface area (Å²) in [5.74, 6) is 0.259. The predicted molar refractivity (Wildman–Crippen MR) is 95.4 cm³/mol. The van der Waals surface area contributed by atoms with Crippen molar-refractivity contribution in [2.24, 2.45) is 0 Å². The Bertz CT molecular complexity index is 850. The second-order valence-electron chi connectivity index (χ2n) is 7.23. The molecule has 6 heteroatoms. The molecule has 1 aromatic heterocycles. The molecule has 1 saturated carbocycles. The number of halogens is 1. The van der Waals surface area contributed by atoms with Gasteiger partial charge in [0.1, 0.15) is 5.82 Å². The Balaban J connectivity index is 1.38. The Kier molecular flexibility index (Phi) is 4.57. The van der Waals surface area contributed by atoms with E-state index in [-0.39, 0.29) is 29.7 Å². The molecule has 1 aromatic carbocycles. The Hall–Kier alpha value is -2.50. The van der Waals surface area contributed by atoms with Crippen LogP contribution in [0.3, 0.4) is 0 Å². The number of carbonyl (C=O) groups is 1. The smallest absolute Gasteiger partial charge is 0.267 e. The highest BCUT2D eigenvalue weighted by atomic mass is 19.1. The van der Waals surface area contributed by atoms with Gasteiger partial charge >= 0.3 is 0 Å². The van der Waals surface area contributed by atoms with Crippen LogP contribution in [0.4, 0.5) is 4.39 Å². The van der Waals surface area contributed by atoms with E-state index in [0.717, 1.165) is 36.9 Å². The van der Waals surface area contributed by atoms with E-state index in [0.29, 0.717) is 19.0 Å². The largest absolute Gasteiger partial charge is 0.342 e. The van der Waals surface area contributed by atoms with Crippen LogP contribution in [0.15, 0.2) is 41.2 Å². The van der Waals surface area contributed by atoms with Crippen LogP contribution in [-0.4, -0.2) is 33.7 Å². The van der Waals surface area contributed by atoms with Crippen LogP contribution in [0, 0.1) is 5.82 Å². The minimum absolute atomic E-state index is 0.0436. The minimum atomic E-state index is -0.298. The molecule has 1 saturated heterocycles. The first-order valence-corrected chi connectivity index (χ1v) is 9.22. The fourth-order valence-electron chi connectivity index (χ4n) is 3.55. The number of hydrogen-bond donors (Lipinski definition) is 0. The molecule has 1 amide bonds. The second kappa shape index (κ2) is 7.02. The lowest BCUT2D eigenvalue weighted by molar-refractivity contribution is -0.131. The van der Waals surface area contributed by atoms with Crippen molar-refractivity contribution >= 4 is 5.91 Å².